The first-order valence-corrected chi connectivity index (χ1v) is 5.93. The summed E-state index contributed by atoms with van der Waals surface area (Å²) in [6, 6.07) is 0. The zero-order valence-electron chi connectivity index (χ0n) is 12.1. The molecule has 20 heavy (non-hydrogen) atoms. The highest BCUT2D eigenvalue weighted by Gasteiger charge is 2.30. The number of amides is 1. The Morgan fingerprint density at radius 3 is 2.45 bits per heavy atom. The van der Waals surface area contributed by atoms with Gasteiger partial charge in [-0.05, 0) is 6.08 Å². The van der Waals surface area contributed by atoms with Gasteiger partial charge in [0.2, 0.25) is 12.7 Å². The molecule has 0 aliphatic heterocycles. The molecule has 0 fully saturated rings. The molecule has 0 rings (SSSR count). The van der Waals surface area contributed by atoms with Crippen molar-refractivity contribution in [3.63, 3.8) is 0 Å². The van der Waals surface area contributed by atoms with Crippen molar-refractivity contribution in [3.8, 4) is 0 Å². The van der Waals surface area contributed by atoms with E-state index in [0.717, 1.165) is 6.20 Å². The van der Waals surface area contributed by atoms with E-state index in [0.29, 0.717) is 10.7 Å². The number of methoxy groups -OCH3 is 1. The lowest BCUT2D eigenvalue weighted by atomic mass is 10.2. The number of ether oxygens (including phenoxy) is 1. The number of hydrogen-bond donors (Lipinski definition) is 2. The van der Waals surface area contributed by atoms with Gasteiger partial charge < -0.3 is 19.8 Å². The zero-order valence-corrected chi connectivity index (χ0v) is 12.1. The van der Waals surface area contributed by atoms with Gasteiger partial charge in [-0.15, -0.1) is 0 Å². The van der Waals surface area contributed by atoms with Crippen molar-refractivity contribution in [1.29, 1.82) is 0 Å². The van der Waals surface area contributed by atoms with E-state index in [1.54, 1.807) is 26.0 Å². The molecule has 3 atom stereocenters. The van der Waals surface area contributed by atoms with Gasteiger partial charge in [0.25, 0.3) is 0 Å². The van der Waals surface area contributed by atoms with Crippen LogP contribution in [0.4, 0.5) is 4.39 Å². The number of rotatable bonds is 8. The van der Waals surface area contributed by atoms with E-state index < -0.39 is 25.1 Å². The van der Waals surface area contributed by atoms with E-state index >= 15 is 0 Å². The maximum absolute atomic E-state index is 14.0. The van der Waals surface area contributed by atoms with Gasteiger partial charge in [-0.25, -0.2) is 4.39 Å². The van der Waals surface area contributed by atoms with Crippen molar-refractivity contribution in [2.24, 2.45) is 4.99 Å². The summed E-state index contributed by atoms with van der Waals surface area (Å²) < 4.78 is 18.7. The van der Waals surface area contributed by atoms with E-state index in [2.05, 4.69) is 4.99 Å². The number of carbonyl (C=O) groups excluding carboxylic acids is 1. The van der Waals surface area contributed by atoms with Crippen LogP contribution in [-0.4, -0.2) is 85.6 Å². The third-order valence-corrected chi connectivity index (χ3v) is 2.64. The average molecular weight is 291 g/mol. The fraction of sp³-hybridized carbons (Fsp3) is 0.667. The van der Waals surface area contributed by atoms with Crippen LogP contribution in [0.1, 0.15) is 0 Å². The highest BCUT2D eigenvalue weighted by molar-refractivity contribution is 5.92. The molecule has 0 saturated heterocycles. The van der Waals surface area contributed by atoms with Crippen molar-refractivity contribution in [3.05, 3.63) is 12.3 Å². The maximum Gasteiger partial charge on any atom is 0.216 e. The van der Waals surface area contributed by atoms with Crippen LogP contribution < -0.4 is 0 Å². The second-order valence-corrected chi connectivity index (χ2v) is 4.16. The Morgan fingerprint density at radius 1 is 1.50 bits per heavy atom. The van der Waals surface area contributed by atoms with E-state index in [1.165, 1.54) is 13.2 Å². The predicted molar refractivity (Wildman–Crippen MR) is 72.9 cm³/mol. The molecule has 0 aliphatic rings. The van der Waals surface area contributed by atoms with E-state index in [4.69, 9.17) is 9.84 Å². The van der Waals surface area contributed by atoms with Gasteiger partial charge in [0.15, 0.2) is 0 Å². The second kappa shape index (κ2) is 9.40. The van der Waals surface area contributed by atoms with Gasteiger partial charge in [-0.3, -0.25) is 14.7 Å². The summed E-state index contributed by atoms with van der Waals surface area (Å²) in [5, 5.41) is 18.6. The molecule has 1 amide bonds. The van der Waals surface area contributed by atoms with Gasteiger partial charge >= 0.3 is 0 Å². The molecule has 0 aromatic carbocycles. The lowest BCUT2D eigenvalue weighted by Crippen LogP contribution is -2.45. The summed E-state index contributed by atoms with van der Waals surface area (Å²) in [5.41, 5.74) is 0. The summed E-state index contributed by atoms with van der Waals surface area (Å²) in [6.07, 6.45) is -2.00. The molecular formula is C12H22FN3O4. The lowest BCUT2D eigenvalue weighted by molar-refractivity contribution is -0.133. The molecule has 0 saturated carbocycles. The molecule has 0 radical (unpaired) electrons. The Balaban J connectivity index is 4.91. The molecule has 2 N–H and O–H groups in total. The zero-order chi connectivity index (χ0) is 15.7. The number of carbonyl (C=O) groups is 1. The monoisotopic (exact) mass is 291 g/mol. The number of aliphatic hydroxyl groups excluding tert-OH is 2. The number of halogens is 1. The molecule has 7 nitrogen and oxygen atoms in total. The molecular weight excluding hydrogens is 269 g/mol. The summed E-state index contributed by atoms with van der Waals surface area (Å²) in [5.74, 6) is 0.518. The third-order valence-electron chi connectivity index (χ3n) is 2.64. The first-order valence-electron chi connectivity index (χ1n) is 5.93. The highest BCUT2D eigenvalue weighted by Crippen LogP contribution is 2.11. The normalized spacial score (nSPS) is 16.9. The Bertz CT molecular complexity index is 346. The standard InChI is InChI=1S/C12H22FN3O4/c1-14-10(15(2)3)5-6-16(8-18)12(13)11(19)9(7-17)20-4/h5-6,8-9,11-12,17,19H,7H2,1-4H3/b6-5-,14-10?. The lowest BCUT2D eigenvalue weighted by Gasteiger charge is -2.27. The van der Waals surface area contributed by atoms with Crippen molar-refractivity contribution < 1.29 is 24.1 Å². The summed E-state index contributed by atoms with van der Waals surface area (Å²) >= 11 is 0. The van der Waals surface area contributed by atoms with Crippen LogP contribution >= 0.6 is 0 Å². The van der Waals surface area contributed by atoms with Gasteiger partial charge in [-0.2, -0.15) is 0 Å². The molecule has 8 heteroatoms. The minimum Gasteiger partial charge on any atom is -0.394 e. The number of nitrogens with zero attached hydrogens (tertiary/aromatic N) is 3. The van der Waals surface area contributed by atoms with Crippen LogP contribution in [0.3, 0.4) is 0 Å². The van der Waals surface area contributed by atoms with Gasteiger partial charge in [-0.1, -0.05) is 0 Å². The number of aliphatic hydroxyl groups is 2. The molecule has 116 valence electrons. The Labute approximate surface area is 118 Å². The smallest absolute Gasteiger partial charge is 0.216 e. The molecule has 0 aromatic heterocycles. The summed E-state index contributed by atoms with van der Waals surface area (Å²) in [4.78, 5) is 17.1. The SMILES string of the molecule is CN=C(/C=C\N(C=O)C(F)C(O)C(CO)OC)N(C)C. The number of hydrogen-bond acceptors (Lipinski definition) is 5. The number of amidine groups is 1. The Kier molecular flexibility index (Phi) is 8.69. The third kappa shape index (κ3) is 5.24. The maximum atomic E-state index is 14.0. The summed E-state index contributed by atoms with van der Waals surface area (Å²) in [6.45, 7) is -0.562. The molecule has 0 aliphatic carbocycles. The molecule has 3 unspecified atom stereocenters. The average Bonchev–Trinajstić information content (AvgIpc) is 2.43. The van der Waals surface area contributed by atoms with Crippen LogP contribution in [0.2, 0.25) is 0 Å². The minimum absolute atomic E-state index is 0.234. The topological polar surface area (TPSA) is 85.6 Å². The van der Waals surface area contributed by atoms with Crippen LogP contribution in [0.5, 0.6) is 0 Å². The minimum atomic E-state index is -2.04. The number of alkyl halides is 1. The van der Waals surface area contributed by atoms with Crippen molar-refractivity contribution >= 4 is 12.2 Å². The van der Waals surface area contributed by atoms with Crippen LogP contribution in [0, 0.1) is 0 Å². The number of aliphatic imine (C=N–C) groups is 1. The molecule has 0 heterocycles. The van der Waals surface area contributed by atoms with Gasteiger partial charge in [0.05, 0.1) is 6.61 Å². The van der Waals surface area contributed by atoms with Crippen molar-refractivity contribution in [1.82, 2.24) is 9.80 Å². The van der Waals surface area contributed by atoms with Gasteiger partial charge in [0.1, 0.15) is 18.0 Å². The quantitative estimate of drug-likeness (QED) is 0.265. The van der Waals surface area contributed by atoms with E-state index in [1.807, 2.05) is 0 Å². The number of likely N-dealkylation sites (N-methyl/N-ethyl adjacent to an activating group) is 1. The van der Waals surface area contributed by atoms with Crippen LogP contribution in [-0.2, 0) is 9.53 Å². The fourth-order valence-corrected chi connectivity index (χ4v) is 1.43. The predicted octanol–water partition coefficient (Wildman–Crippen LogP) is -0.788. The van der Waals surface area contributed by atoms with Crippen molar-refractivity contribution in [2.75, 3.05) is 34.9 Å². The first kappa shape index (κ1) is 18.5. The van der Waals surface area contributed by atoms with Crippen LogP contribution in [0.15, 0.2) is 17.3 Å². The largest absolute Gasteiger partial charge is 0.394 e. The highest BCUT2D eigenvalue weighted by atomic mass is 19.1. The fourth-order valence-electron chi connectivity index (χ4n) is 1.43. The summed E-state index contributed by atoms with van der Waals surface area (Å²) in [7, 11) is 6.27. The van der Waals surface area contributed by atoms with E-state index in [-0.39, 0.29) is 6.41 Å². The molecule has 0 aromatic rings. The molecule has 0 bridgehead atoms. The Hall–Kier alpha value is -1.51. The van der Waals surface area contributed by atoms with E-state index in [9.17, 15) is 14.3 Å². The second-order valence-electron chi connectivity index (χ2n) is 4.16. The van der Waals surface area contributed by atoms with Crippen LogP contribution in [0.25, 0.3) is 0 Å². The Morgan fingerprint density at radius 2 is 2.10 bits per heavy atom. The van der Waals surface area contributed by atoms with Gasteiger partial charge in [0, 0.05) is 34.5 Å². The first-order chi connectivity index (χ1) is 9.42. The van der Waals surface area contributed by atoms with Crippen molar-refractivity contribution in [2.45, 2.75) is 18.5 Å². The molecule has 0 spiro atoms.